The molecule has 0 radical (unpaired) electrons. The number of nitro benzene ring substituents is 1. The van der Waals surface area contributed by atoms with Gasteiger partial charge in [0.05, 0.1) is 15.6 Å². The molecule has 1 rings (SSSR count). The van der Waals surface area contributed by atoms with Gasteiger partial charge in [0.2, 0.25) is 0 Å². The van der Waals surface area contributed by atoms with Gasteiger partial charge in [0.1, 0.15) is 0 Å². The quantitative estimate of drug-likeness (QED) is 0.616. The molecule has 6 heteroatoms. The van der Waals surface area contributed by atoms with E-state index in [9.17, 15) is 10.1 Å². The summed E-state index contributed by atoms with van der Waals surface area (Å²) in [5.41, 5.74) is 0.563. The van der Waals surface area contributed by atoms with E-state index in [0.29, 0.717) is 23.7 Å². The largest absolute Gasteiger partial charge is 0.396 e. The molecule has 0 aliphatic heterocycles. The molecule has 18 heavy (non-hydrogen) atoms. The van der Waals surface area contributed by atoms with Crippen molar-refractivity contribution in [1.29, 1.82) is 0 Å². The first-order valence-electron chi connectivity index (χ1n) is 5.64. The first-order chi connectivity index (χ1) is 8.35. The summed E-state index contributed by atoms with van der Waals surface area (Å²) in [5.74, 6) is 0. The number of halogens is 1. The molecule has 0 aliphatic rings. The first-order valence-corrected chi connectivity index (χ1v) is 6.02. The third-order valence-corrected chi connectivity index (χ3v) is 3.02. The molecule has 0 aromatic heterocycles. The Morgan fingerprint density at radius 3 is 2.67 bits per heavy atom. The van der Waals surface area contributed by atoms with Crippen molar-refractivity contribution in [1.82, 2.24) is 0 Å². The van der Waals surface area contributed by atoms with Gasteiger partial charge in [-0.05, 0) is 17.9 Å². The molecule has 0 spiro atoms. The van der Waals surface area contributed by atoms with Gasteiger partial charge in [-0.25, -0.2) is 0 Å². The molecular weight excluding hydrogens is 256 g/mol. The van der Waals surface area contributed by atoms with Crippen LogP contribution in [0.4, 0.5) is 11.4 Å². The summed E-state index contributed by atoms with van der Waals surface area (Å²) >= 11 is 5.96. The second kappa shape index (κ2) is 6.02. The van der Waals surface area contributed by atoms with Crippen LogP contribution < -0.4 is 5.32 Å². The molecule has 100 valence electrons. The second-order valence-corrected chi connectivity index (χ2v) is 5.32. The summed E-state index contributed by atoms with van der Waals surface area (Å²) in [6.45, 7) is 4.80. The number of nitrogens with one attached hydrogen (secondary N) is 1. The van der Waals surface area contributed by atoms with Crippen molar-refractivity contribution in [3.8, 4) is 0 Å². The third-order valence-electron chi connectivity index (χ3n) is 2.71. The number of aliphatic hydroxyl groups is 1. The number of rotatable bonds is 6. The predicted molar refractivity (Wildman–Crippen MR) is 72.1 cm³/mol. The zero-order valence-corrected chi connectivity index (χ0v) is 11.2. The Kier molecular flexibility index (Phi) is 4.93. The monoisotopic (exact) mass is 272 g/mol. The van der Waals surface area contributed by atoms with Gasteiger partial charge in [-0.3, -0.25) is 10.1 Å². The number of anilines is 1. The average molecular weight is 273 g/mol. The molecule has 0 bridgehead atoms. The number of nitro groups is 1. The summed E-state index contributed by atoms with van der Waals surface area (Å²) in [4.78, 5) is 10.1. The third kappa shape index (κ3) is 4.16. The zero-order valence-electron chi connectivity index (χ0n) is 10.4. The van der Waals surface area contributed by atoms with Crippen molar-refractivity contribution < 1.29 is 10.0 Å². The van der Waals surface area contributed by atoms with Gasteiger partial charge in [-0.2, -0.15) is 0 Å². The SMILES string of the molecule is CC(C)(CCO)CNc1ccc([N+](=O)[O-])cc1Cl. The fourth-order valence-electron chi connectivity index (χ4n) is 1.49. The van der Waals surface area contributed by atoms with Gasteiger partial charge >= 0.3 is 0 Å². The van der Waals surface area contributed by atoms with Crippen LogP contribution in [-0.2, 0) is 0 Å². The van der Waals surface area contributed by atoms with Gasteiger partial charge in [0.15, 0.2) is 0 Å². The van der Waals surface area contributed by atoms with E-state index in [0.717, 1.165) is 0 Å². The molecule has 0 aliphatic carbocycles. The summed E-state index contributed by atoms with van der Waals surface area (Å²) in [6.07, 6.45) is 0.671. The summed E-state index contributed by atoms with van der Waals surface area (Å²) in [6, 6.07) is 4.33. The van der Waals surface area contributed by atoms with Crippen molar-refractivity contribution in [2.45, 2.75) is 20.3 Å². The van der Waals surface area contributed by atoms with E-state index in [1.807, 2.05) is 13.8 Å². The molecule has 0 atom stereocenters. The van der Waals surface area contributed by atoms with E-state index in [-0.39, 0.29) is 17.7 Å². The fourth-order valence-corrected chi connectivity index (χ4v) is 1.73. The number of nitrogens with zero attached hydrogens (tertiary/aromatic N) is 1. The topological polar surface area (TPSA) is 75.4 Å². The lowest BCUT2D eigenvalue weighted by Gasteiger charge is -2.24. The Morgan fingerprint density at radius 2 is 2.17 bits per heavy atom. The zero-order chi connectivity index (χ0) is 13.8. The van der Waals surface area contributed by atoms with Crippen LogP contribution in [0.15, 0.2) is 18.2 Å². The van der Waals surface area contributed by atoms with E-state index in [4.69, 9.17) is 16.7 Å². The lowest BCUT2D eigenvalue weighted by molar-refractivity contribution is -0.384. The molecular formula is C12H17ClN2O3. The number of benzene rings is 1. The van der Waals surface area contributed by atoms with Crippen LogP contribution in [0, 0.1) is 15.5 Å². The maximum absolute atomic E-state index is 10.6. The second-order valence-electron chi connectivity index (χ2n) is 4.91. The Morgan fingerprint density at radius 1 is 1.50 bits per heavy atom. The lowest BCUT2D eigenvalue weighted by Crippen LogP contribution is -2.24. The van der Waals surface area contributed by atoms with Gasteiger partial charge in [-0.15, -0.1) is 0 Å². The predicted octanol–water partition coefficient (Wildman–Crippen LogP) is 3.07. The summed E-state index contributed by atoms with van der Waals surface area (Å²) in [5, 5.41) is 22.9. The average Bonchev–Trinajstić information content (AvgIpc) is 2.27. The Bertz CT molecular complexity index is 435. The highest BCUT2D eigenvalue weighted by molar-refractivity contribution is 6.33. The molecule has 5 nitrogen and oxygen atoms in total. The van der Waals surface area contributed by atoms with Crippen molar-refractivity contribution in [3.63, 3.8) is 0 Å². The lowest BCUT2D eigenvalue weighted by atomic mass is 9.89. The molecule has 1 aromatic carbocycles. The van der Waals surface area contributed by atoms with E-state index in [1.165, 1.54) is 12.1 Å². The molecule has 2 N–H and O–H groups in total. The normalized spacial score (nSPS) is 11.3. The van der Waals surface area contributed by atoms with E-state index in [1.54, 1.807) is 6.07 Å². The maximum Gasteiger partial charge on any atom is 0.271 e. The highest BCUT2D eigenvalue weighted by Crippen LogP contribution is 2.28. The van der Waals surface area contributed by atoms with Crippen molar-refractivity contribution in [2.24, 2.45) is 5.41 Å². The van der Waals surface area contributed by atoms with Crippen molar-refractivity contribution in [3.05, 3.63) is 33.3 Å². The fraction of sp³-hybridized carbons (Fsp3) is 0.500. The minimum absolute atomic E-state index is 0.0276. The molecule has 1 aromatic rings. The van der Waals surface area contributed by atoms with Crippen LogP contribution in [0.5, 0.6) is 0 Å². The van der Waals surface area contributed by atoms with Gasteiger partial charge in [0, 0.05) is 25.3 Å². The number of aliphatic hydroxyl groups excluding tert-OH is 1. The Labute approximate surface area is 111 Å². The molecule has 0 unspecified atom stereocenters. The number of hydrogen-bond donors (Lipinski definition) is 2. The van der Waals surface area contributed by atoms with Gasteiger partial charge in [-0.1, -0.05) is 25.4 Å². The van der Waals surface area contributed by atoms with Crippen LogP contribution in [-0.4, -0.2) is 23.2 Å². The molecule has 0 saturated heterocycles. The Hall–Kier alpha value is -1.33. The number of hydrogen-bond acceptors (Lipinski definition) is 4. The van der Waals surface area contributed by atoms with Crippen molar-refractivity contribution >= 4 is 23.0 Å². The maximum atomic E-state index is 10.6. The van der Waals surface area contributed by atoms with Crippen LogP contribution in [0.3, 0.4) is 0 Å². The summed E-state index contributed by atoms with van der Waals surface area (Å²) in [7, 11) is 0. The molecule has 0 fully saturated rings. The minimum Gasteiger partial charge on any atom is -0.396 e. The smallest absolute Gasteiger partial charge is 0.271 e. The van der Waals surface area contributed by atoms with Gasteiger partial charge < -0.3 is 10.4 Å². The van der Waals surface area contributed by atoms with Crippen LogP contribution >= 0.6 is 11.6 Å². The molecule has 0 amide bonds. The van der Waals surface area contributed by atoms with Crippen LogP contribution in [0.1, 0.15) is 20.3 Å². The minimum atomic E-state index is -0.481. The highest BCUT2D eigenvalue weighted by Gasteiger charge is 2.17. The van der Waals surface area contributed by atoms with E-state index >= 15 is 0 Å². The highest BCUT2D eigenvalue weighted by atomic mass is 35.5. The van der Waals surface area contributed by atoms with Gasteiger partial charge in [0.25, 0.3) is 5.69 Å². The van der Waals surface area contributed by atoms with Crippen molar-refractivity contribution in [2.75, 3.05) is 18.5 Å². The molecule has 0 heterocycles. The van der Waals surface area contributed by atoms with E-state index < -0.39 is 4.92 Å². The van der Waals surface area contributed by atoms with Crippen LogP contribution in [0.25, 0.3) is 0 Å². The first kappa shape index (κ1) is 14.7. The van der Waals surface area contributed by atoms with Crippen LogP contribution in [0.2, 0.25) is 5.02 Å². The Balaban J connectivity index is 2.71. The standard InChI is InChI=1S/C12H17ClN2O3/c1-12(2,5-6-16)8-14-11-4-3-9(15(17)18)7-10(11)13/h3-4,7,14,16H,5-6,8H2,1-2H3. The summed E-state index contributed by atoms with van der Waals surface area (Å²) < 4.78 is 0. The number of non-ortho nitro benzene ring substituents is 1. The molecule has 0 saturated carbocycles. The van der Waals surface area contributed by atoms with E-state index in [2.05, 4.69) is 5.32 Å².